The van der Waals surface area contributed by atoms with E-state index in [9.17, 15) is 0 Å². The molecule has 1 unspecified atom stereocenters. The van der Waals surface area contributed by atoms with Gasteiger partial charge in [-0.15, -0.1) is 0 Å². The molecule has 2 aromatic rings. The van der Waals surface area contributed by atoms with E-state index in [2.05, 4.69) is 29.6 Å². The van der Waals surface area contributed by atoms with Crippen LogP contribution in [0.4, 0.5) is 0 Å². The summed E-state index contributed by atoms with van der Waals surface area (Å²) < 4.78 is 6.02. The highest BCUT2D eigenvalue weighted by atomic mass is 35.5. The molecule has 21 heavy (non-hydrogen) atoms. The number of nitrogens with one attached hydrogen (secondary N) is 1. The van der Waals surface area contributed by atoms with Gasteiger partial charge in [-0.3, -0.25) is 0 Å². The third-order valence-corrected chi connectivity index (χ3v) is 3.65. The fourth-order valence-electron chi connectivity index (χ4n) is 2.28. The molecule has 0 bridgehead atoms. The summed E-state index contributed by atoms with van der Waals surface area (Å²) in [7, 11) is 1.94. The van der Waals surface area contributed by atoms with Crippen LogP contribution in [-0.4, -0.2) is 20.2 Å². The lowest BCUT2D eigenvalue weighted by Gasteiger charge is -2.18. The minimum atomic E-state index is 0.0723. The van der Waals surface area contributed by atoms with Gasteiger partial charge in [0.05, 0.1) is 6.10 Å². The Morgan fingerprint density at radius 2 is 1.76 bits per heavy atom. The van der Waals surface area contributed by atoms with Gasteiger partial charge in [0, 0.05) is 18.2 Å². The Bertz CT molecular complexity index is 513. The van der Waals surface area contributed by atoms with Crippen LogP contribution in [0.25, 0.3) is 0 Å². The van der Waals surface area contributed by atoms with Crippen LogP contribution in [0.5, 0.6) is 0 Å². The average molecular weight is 304 g/mol. The molecule has 0 saturated carbocycles. The predicted octanol–water partition coefficient (Wildman–Crippen LogP) is 4.25. The number of hydrogen-bond acceptors (Lipinski definition) is 2. The van der Waals surface area contributed by atoms with Crippen molar-refractivity contribution in [1.29, 1.82) is 0 Å². The molecule has 0 aliphatic carbocycles. The van der Waals surface area contributed by atoms with Gasteiger partial charge >= 0.3 is 0 Å². The van der Waals surface area contributed by atoms with Crippen molar-refractivity contribution in [3.63, 3.8) is 0 Å². The normalized spacial score (nSPS) is 12.3. The number of likely N-dealkylation sites (N-methyl/N-ethyl adjacent to an activating group) is 1. The monoisotopic (exact) mass is 303 g/mol. The summed E-state index contributed by atoms with van der Waals surface area (Å²) in [4.78, 5) is 0. The van der Waals surface area contributed by atoms with Crippen LogP contribution in [0.3, 0.4) is 0 Å². The van der Waals surface area contributed by atoms with Crippen molar-refractivity contribution in [2.24, 2.45) is 0 Å². The molecule has 0 aliphatic heterocycles. The fourth-order valence-corrected chi connectivity index (χ4v) is 2.41. The van der Waals surface area contributed by atoms with Crippen molar-refractivity contribution < 1.29 is 4.74 Å². The van der Waals surface area contributed by atoms with Crippen LogP contribution >= 0.6 is 11.6 Å². The zero-order chi connectivity index (χ0) is 14.9. The summed E-state index contributed by atoms with van der Waals surface area (Å²) >= 11 is 5.93. The number of aryl methyl sites for hydroxylation is 1. The first-order valence-corrected chi connectivity index (χ1v) is 7.73. The van der Waals surface area contributed by atoms with Gasteiger partial charge < -0.3 is 10.1 Å². The first-order valence-electron chi connectivity index (χ1n) is 7.35. The van der Waals surface area contributed by atoms with Crippen molar-refractivity contribution in [2.45, 2.75) is 18.9 Å². The quantitative estimate of drug-likeness (QED) is 0.736. The van der Waals surface area contributed by atoms with Gasteiger partial charge in [-0.25, -0.2) is 0 Å². The number of hydrogen-bond donors (Lipinski definition) is 1. The lowest BCUT2D eigenvalue weighted by Crippen LogP contribution is -2.20. The Labute approximate surface area is 132 Å². The van der Waals surface area contributed by atoms with E-state index in [-0.39, 0.29) is 6.10 Å². The second-order valence-electron chi connectivity index (χ2n) is 5.06. The first kappa shape index (κ1) is 16.0. The topological polar surface area (TPSA) is 21.3 Å². The van der Waals surface area contributed by atoms with Crippen LogP contribution in [-0.2, 0) is 11.2 Å². The van der Waals surface area contributed by atoms with E-state index in [1.165, 1.54) is 5.56 Å². The van der Waals surface area contributed by atoms with Crippen molar-refractivity contribution in [3.8, 4) is 0 Å². The summed E-state index contributed by atoms with van der Waals surface area (Å²) in [5, 5.41) is 3.94. The maximum atomic E-state index is 6.02. The molecule has 0 aromatic heterocycles. The minimum absolute atomic E-state index is 0.0723. The summed E-state index contributed by atoms with van der Waals surface area (Å²) in [6.07, 6.45) is 2.15. The van der Waals surface area contributed by atoms with Gasteiger partial charge in [0.2, 0.25) is 0 Å². The number of halogens is 1. The van der Waals surface area contributed by atoms with E-state index in [1.807, 2.05) is 37.4 Å². The van der Waals surface area contributed by atoms with Crippen molar-refractivity contribution in [1.82, 2.24) is 5.32 Å². The molecule has 0 amide bonds. The first-order chi connectivity index (χ1) is 10.3. The molecular weight excluding hydrogens is 282 g/mol. The molecular formula is C18H22ClNO. The largest absolute Gasteiger partial charge is 0.372 e. The Hall–Kier alpha value is -1.35. The molecule has 0 spiro atoms. The standard InChI is InChI=1S/C18H22ClNO/c1-20-14-18(16-9-11-17(19)12-10-16)21-13-5-8-15-6-3-2-4-7-15/h2-4,6-7,9-12,18,20H,5,8,13-14H2,1H3. The van der Waals surface area contributed by atoms with Crippen LogP contribution in [0.1, 0.15) is 23.7 Å². The zero-order valence-corrected chi connectivity index (χ0v) is 13.1. The zero-order valence-electron chi connectivity index (χ0n) is 12.4. The van der Waals surface area contributed by atoms with Gasteiger partial charge in [-0.2, -0.15) is 0 Å². The smallest absolute Gasteiger partial charge is 0.0949 e. The molecule has 2 aromatic carbocycles. The lowest BCUT2D eigenvalue weighted by atomic mass is 10.1. The lowest BCUT2D eigenvalue weighted by molar-refractivity contribution is 0.0524. The van der Waals surface area contributed by atoms with E-state index in [0.29, 0.717) is 0 Å². The van der Waals surface area contributed by atoms with Gasteiger partial charge in [0.25, 0.3) is 0 Å². The number of rotatable bonds is 8. The minimum Gasteiger partial charge on any atom is -0.372 e. The SMILES string of the molecule is CNCC(OCCCc1ccccc1)c1ccc(Cl)cc1. The second kappa shape index (κ2) is 8.83. The van der Waals surface area contributed by atoms with Crippen LogP contribution in [0, 0.1) is 0 Å². The highest BCUT2D eigenvalue weighted by Gasteiger charge is 2.10. The number of ether oxygens (including phenoxy) is 1. The van der Waals surface area contributed by atoms with E-state index in [4.69, 9.17) is 16.3 Å². The molecule has 0 fully saturated rings. The molecule has 0 heterocycles. The Balaban J connectivity index is 1.81. The molecule has 1 N–H and O–H groups in total. The second-order valence-corrected chi connectivity index (χ2v) is 5.49. The summed E-state index contributed by atoms with van der Waals surface area (Å²) in [6.45, 7) is 1.55. The van der Waals surface area contributed by atoms with Crippen LogP contribution in [0.15, 0.2) is 54.6 Å². The Kier molecular flexibility index (Phi) is 6.74. The van der Waals surface area contributed by atoms with E-state index >= 15 is 0 Å². The highest BCUT2D eigenvalue weighted by molar-refractivity contribution is 6.30. The maximum absolute atomic E-state index is 6.02. The van der Waals surface area contributed by atoms with Crippen LogP contribution < -0.4 is 5.32 Å². The third kappa shape index (κ3) is 5.50. The van der Waals surface area contributed by atoms with Gasteiger partial charge in [0.15, 0.2) is 0 Å². The average Bonchev–Trinajstić information content (AvgIpc) is 2.52. The summed E-state index contributed by atoms with van der Waals surface area (Å²) in [6, 6.07) is 18.4. The molecule has 112 valence electrons. The van der Waals surface area contributed by atoms with E-state index in [0.717, 1.165) is 36.6 Å². The molecule has 0 radical (unpaired) electrons. The van der Waals surface area contributed by atoms with Crippen molar-refractivity contribution >= 4 is 11.6 Å². The Morgan fingerprint density at radius 3 is 2.43 bits per heavy atom. The third-order valence-electron chi connectivity index (χ3n) is 3.40. The van der Waals surface area contributed by atoms with Gasteiger partial charge in [0.1, 0.15) is 0 Å². The molecule has 1 atom stereocenters. The molecule has 2 rings (SSSR count). The molecule has 0 saturated heterocycles. The molecule has 3 heteroatoms. The van der Waals surface area contributed by atoms with Gasteiger partial charge in [-0.05, 0) is 43.1 Å². The van der Waals surface area contributed by atoms with E-state index in [1.54, 1.807) is 0 Å². The van der Waals surface area contributed by atoms with Gasteiger partial charge in [-0.1, -0.05) is 54.1 Å². The van der Waals surface area contributed by atoms with Crippen LogP contribution in [0.2, 0.25) is 5.02 Å². The predicted molar refractivity (Wildman–Crippen MR) is 88.8 cm³/mol. The van der Waals surface area contributed by atoms with Crippen molar-refractivity contribution in [2.75, 3.05) is 20.2 Å². The Morgan fingerprint density at radius 1 is 1.05 bits per heavy atom. The maximum Gasteiger partial charge on any atom is 0.0949 e. The fraction of sp³-hybridized carbons (Fsp3) is 0.333. The van der Waals surface area contributed by atoms with E-state index < -0.39 is 0 Å². The summed E-state index contributed by atoms with van der Waals surface area (Å²) in [5.74, 6) is 0. The van der Waals surface area contributed by atoms with Crippen molar-refractivity contribution in [3.05, 3.63) is 70.7 Å². The molecule has 2 nitrogen and oxygen atoms in total. The molecule has 0 aliphatic rings. The number of benzene rings is 2. The summed E-state index contributed by atoms with van der Waals surface area (Å²) in [5.41, 5.74) is 2.52. The highest BCUT2D eigenvalue weighted by Crippen LogP contribution is 2.19.